The molecule has 0 radical (unpaired) electrons. The van der Waals surface area contributed by atoms with Crippen molar-refractivity contribution in [1.82, 2.24) is 4.98 Å². The van der Waals surface area contributed by atoms with Crippen LogP contribution in [0.1, 0.15) is 121 Å². The third-order valence-corrected chi connectivity index (χ3v) is 3.90. The van der Waals surface area contributed by atoms with E-state index in [1.54, 1.807) is 53.5 Å². The van der Waals surface area contributed by atoms with Crippen LogP contribution in [0.25, 0.3) is 0 Å². The van der Waals surface area contributed by atoms with Crippen molar-refractivity contribution in [2.75, 3.05) is 40.4 Å². The number of esters is 3. The fourth-order valence-electron chi connectivity index (χ4n) is 2.27. The maximum atomic E-state index is 10.4. The zero-order chi connectivity index (χ0) is 50.8. The number of rotatable bonds is 3. The monoisotopic (exact) mass is 898 g/mol. The minimum absolute atomic E-state index is 0.167. The number of allylic oxidation sites excluding steroid dienone is 1. The number of aryl methyl sites for hydroxylation is 2. The van der Waals surface area contributed by atoms with Crippen molar-refractivity contribution in [3.05, 3.63) is 109 Å². The molecule has 0 saturated carbocycles. The van der Waals surface area contributed by atoms with Crippen LogP contribution in [0.2, 0.25) is 0 Å². The molecule has 0 spiro atoms. The summed E-state index contributed by atoms with van der Waals surface area (Å²) in [6.45, 7) is 35.1. The summed E-state index contributed by atoms with van der Waals surface area (Å²) in [6.07, 6.45) is 7.17. The molecule has 3 aromatic rings. The Labute approximate surface area is 379 Å². The van der Waals surface area contributed by atoms with Crippen LogP contribution in [0.15, 0.2) is 97.5 Å². The van der Waals surface area contributed by atoms with Gasteiger partial charge >= 0.3 is 17.9 Å². The first kappa shape index (κ1) is 74.6. The van der Waals surface area contributed by atoms with Crippen molar-refractivity contribution in [2.24, 2.45) is 5.92 Å². The largest absolute Gasteiger partial charge is 0.502 e. The number of carbonyl (C=O) groups is 4. The van der Waals surface area contributed by atoms with Gasteiger partial charge in [-0.1, -0.05) is 108 Å². The molecule has 1 aromatic heterocycles. The number of hydrogen-bond donors (Lipinski definition) is 0. The summed E-state index contributed by atoms with van der Waals surface area (Å²) in [7, 11) is 2.18. The van der Waals surface area contributed by atoms with Gasteiger partial charge < -0.3 is 28.5 Å². The van der Waals surface area contributed by atoms with Crippen molar-refractivity contribution in [1.29, 1.82) is 0 Å². The van der Waals surface area contributed by atoms with Crippen molar-refractivity contribution in [2.45, 2.75) is 130 Å². The Morgan fingerprint density at radius 3 is 1.13 bits per heavy atom. The van der Waals surface area contributed by atoms with E-state index in [-0.39, 0.29) is 29.3 Å². The molecule has 0 aliphatic heterocycles. The van der Waals surface area contributed by atoms with Crippen LogP contribution in [-0.2, 0) is 48.0 Å². The number of Topliss-reactive ketones (excluding diaryl/α,β-unsaturated/α-hetero) is 1. The Hall–Kier alpha value is -4.88. The molecule has 360 valence electrons. The number of hydrogen-bond acceptors (Lipinski definition) is 12. The van der Waals surface area contributed by atoms with E-state index in [0.717, 1.165) is 24.2 Å². The zero-order valence-corrected chi connectivity index (χ0v) is 43.4. The highest BCUT2D eigenvalue weighted by atomic mass is 32.2. The summed E-state index contributed by atoms with van der Waals surface area (Å²) < 4.78 is 42.0. The second kappa shape index (κ2) is 54.1. The van der Waals surface area contributed by atoms with E-state index < -0.39 is 9.84 Å². The van der Waals surface area contributed by atoms with Crippen molar-refractivity contribution < 1.29 is 51.3 Å². The van der Waals surface area contributed by atoms with Gasteiger partial charge in [-0.2, -0.15) is 0 Å². The van der Waals surface area contributed by atoms with Gasteiger partial charge in [0.2, 0.25) is 0 Å². The third kappa shape index (κ3) is 147. The van der Waals surface area contributed by atoms with Gasteiger partial charge in [-0.3, -0.25) is 19.4 Å². The number of methoxy groups -OCH3 is 2. The first-order valence-electron chi connectivity index (χ1n) is 20.0. The molecule has 0 bridgehead atoms. The molecule has 3 rings (SSSR count). The predicted molar refractivity (Wildman–Crippen MR) is 260 cm³/mol. The SMILES string of the molecule is C=C(C)OC.CC(=O)OC(C)(C)C.CC(=O)Oc1ccccc1.CC(C)=O.CC(C)C.CCC.CCOC(C)=O.COC.CS(C)(=O)=O.Cc1ccccc1.Cc1cccnc1. The molecule has 0 aliphatic rings. The lowest BCUT2D eigenvalue weighted by Gasteiger charge is -2.17. The lowest BCUT2D eigenvalue weighted by atomic mass is 10.2. The molecule has 1 heterocycles. The number of sulfone groups is 1. The molecule has 0 atom stereocenters. The van der Waals surface area contributed by atoms with Crippen LogP contribution in [0.4, 0.5) is 0 Å². The van der Waals surface area contributed by atoms with Crippen LogP contribution in [0, 0.1) is 19.8 Å². The predicted octanol–water partition coefficient (Wildman–Crippen LogP) is 11.7. The first-order chi connectivity index (χ1) is 28.3. The smallest absolute Gasteiger partial charge is 0.308 e. The maximum Gasteiger partial charge on any atom is 0.308 e. The summed E-state index contributed by atoms with van der Waals surface area (Å²) in [5.41, 5.74) is 2.20. The van der Waals surface area contributed by atoms with Gasteiger partial charge in [0.15, 0.2) is 0 Å². The summed E-state index contributed by atoms with van der Waals surface area (Å²) in [5, 5.41) is 0. The number of nitrogens with zero attached hydrogens (tertiary/aromatic N) is 1. The Bertz CT molecular complexity index is 1470. The summed E-state index contributed by atoms with van der Waals surface area (Å²) >= 11 is 0. The Morgan fingerprint density at radius 1 is 0.677 bits per heavy atom. The summed E-state index contributed by atoms with van der Waals surface area (Å²) in [6, 6.07) is 23.2. The molecule has 0 fully saturated rings. The molecule has 0 aliphatic carbocycles. The minimum Gasteiger partial charge on any atom is -0.502 e. The Kier molecular flexibility index (Phi) is 65.1. The van der Waals surface area contributed by atoms with E-state index >= 15 is 0 Å². The number of carbonyl (C=O) groups excluding carboxylic acids is 4. The number of para-hydroxylation sites is 1. The first-order valence-corrected chi connectivity index (χ1v) is 22.3. The van der Waals surface area contributed by atoms with Gasteiger partial charge in [0, 0.05) is 59.9 Å². The zero-order valence-electron chi connectivity index (χ0n) is 42.6. The topological polar surface area (TPSA) is 161 Å². The lowest BCUT2D eigenvalue weighted by Crippen LogP contribution is -2.21. The van der Waals surface area contributed by atoms with Crippen molar-refractivity contribution in [3.8, 4) is 5.75 Å². The highest BCUT2D eigenvalue weighted by Crippen LogP contribution is 2.07. The standard InChI is InChI=1S/C8H8O2.C7H8.C6H7N.C6H12O2.C4H8O2.C4H8O.C4H10.C3H6O.C3H8.C2H6O2S.C2H6O/c1-7(9)10-8-5-3-2-4-6-8;1-7-5-3-2-4-6-7;1-6-3-2-4-7-5-6;1-5(7)8-6(2,3)4;1-3-6-4(2)5;1-4(2)5-3;1-4(2)3;1-3(2)4;1-3-2;1-5(2,3)4;1-3-2/h2-6H,1H3;2-6H,1H3;2-5H,1H3;1-4H3;3H2,1-2H3;1H2,2-3H3;4H,1-3H3;1-2H3;3H2,1-2H3;1-2H3;1-2H3. The van der Waals surface area contributed by atoms with Gasteiger partial charge in [-0.25, -0.2) is 8.42 Å². The van der Waals surface area contributed by atoms with Gasteiger partial charge in [-0.05, 0) is 92.0 Å². The lowest BCUT2D eigenvalue weighted by molar-refractivity contribution is -0.152. The number of benzene rings is 2. The van der Waals surface area contributed by atoms with Gasteiger partial charge in [0.1, 0.15) is 27.0 Å². The summed E-state index contributed by atoms with van der Waals surface area (Å²) in [5.74, 6) is 1.63. The second-order valence-electron chi connectivity index (χ2n) is 14.5. The third-order valence-electron chi connectivity index (χ3n) is 3.90. The molecule has 0 amide bonds. The van der Waals surface area contributed by atoms with E-state index in [9.17, 15) is 27.6 Å². The Balaban J connectivity index is -0.0000000880. The van der Waals surface area contributed by atoms with Crippen molar-refractivity contribution >= 4 is 33.5 Å². The minimum atomic E-state index is -2.67. The van der Waals surface area contributed by atoms with Gasteiger partial charge in [0.25, 0.3) is 0 Å². The number of ketones is 1. The molecule has 2 aromatic carbocycles. The second-order valence-corrected chi connectivity index (χ2v) is 16.8. The van der Waals surface area contributed by atoms with E-state index in [2.05, 4.69) is 79.4 Å². The maximum absolute atomic E-state index is 10.4. The van der Waals surface area contributed by atoms with Crippen LogP contribution < -0.4 is 4.74 Å². The average Bonchev–Trinajstić information content (AvgIpc) is 3.09. The molecular formula is C49H87NO11S. The quantitative estimate of drug-likeness (QED) is 0.139. The molecule has 13 heteroatoms. The van der Waals surface area contributed by atoms with E-state index in [1.807, 2.05) is 82.4 Å². The van der Waals surface area contributed by atoms with Crippen molar-refractivity contribution in [3.63, 3.8) is 0 Å². The highest BCUT2D eigenvalue weighted by Gasteiger charge is 2.11. The van der Waals surface area contributed by atoms with Crippen LogP contribution in [0.3, 0.4) is 0 Å². The highest BCUT2D eigenvalue weighted by molar-refractivity contribution is 7.89. The normalized spacial score (nSPS) is 8.63. The fourth-order valence-corrected chi connectivity index (χ4v) is 2.27. The number of pyridine rings is 1. The van der Waals surface area contributed by atoms with Gasteiger partial charge in [-0.15, -0.1) is 0 Å². The molecule has 0 saturated heterocycles. The number of ether oxygens (including phenoxy) is 5. The number of aromatic nitrogens is 1. The van der Waals surface area contributed by atoms with E-state index in [0.29, 0.717) is 12.4 Å². The van der Waals surface area contributed by atoms with Crippen LogP contribution >= 0.6 is 0 Å². The fraction of sp³-hybridized carbons (Fsp3) is 0.531. The van der Waals surface area contributed by atoms with Crippen LogP contribution in [0.5, 0.6) is 5.75 Å². The molecule has 0 unspecified atom stereocenters. The average molecular weight is 898 g/mol. The molecule has 0 N–H and O–H groups in total. The molecular weight excluding hydrogens is 811 g/mol. The van der Waals surface area contributed by atoms with E-state index in [4.69, 9.17) is 9.47 Å². The summed E-state index contributed by atoms with van der Waals surface area (Å²) in [4.78, 5) is 43.8. The Morgan fingerprint density at radius 2 is 1.00 bits per heavy atom. The van der Waals surface area contributed by atoms with E-state index in [1.165, 1.54) is 52.2 Å². The van der Waals surface area contributed by atoms with Crippen LogP contribution in [-0.4, -0.2) is 83.1 Å². The molecule has 62 heavy (non-hydrogen) atoms. The van der Waals surface area contributed by atoms with Gasteiger partial charge in [0.05, 0.1) is 19.5 Å². The molecule has 12 nitrogen and oxygen atoms in total.